The number of amides is 4. The van der Waals surface area contributed by atoms with Gasteiger partial charge in [0.05, 0.1) is 13.7 Å². The second-order valence-corrected chi connectivity index (χ2v) is 6.04. The molecule has 0 bridgehead atoms. The molecule has 1 heterocycles. The molecule has 0 saturated carbocycles. The topological polar surface area (TPSA) is 87.7 Å². The summed E-state index contributed by atoms with van der Waals surface area (Å²) >= 11 is 0. The maximum absolute atomic E-state index is 12.4. The number of hydrogen-bond acceptors (Lipinski definition) is 4. The minimum absolute atomic E-state index is 0.0536. The number of nitrogens with zero attached hydrogens (tertiary/aromatic N) is 1. The Morgan fingerprint density at radius 1 is 1.29 bits per heavy atom. The number of carbonyl (C=O) groups is 3. The molecule has 0 spiro atoms. The quantitative estimate of drug-likeness (QED) is 0.739. The molecular weight excluding hydrogens is 310 g/mol. The number of carbonyl (C=O) groups excluding carboxylic acids is 3. The van der Waals surface area contributed by atoms with Crippen molar-refractivity contribution in [2.75, 3.05) is 7.11 Å². The van der Waals surface area contributed by atoms with E-state index in [1.165, 1.54) is 4.90 Å². The van der Waals surface area contributed by atoms with E-state index in [0.717, 1.165) is 5.56 Å². The van der Waals surface area contributed by atoms with Gasteiger partial charge >= 0.3 is 6.03 Å². The number of ether oxygens (including phenoxy) is 1. The number of urea groups is 1. The predicted octanol–water partition coefficient (Wildman–Crippen LogP) is 1.42. The van der Waals surface area contributed by atoms with Gasteiger partial charge in [0, 0.05) is 12.5 Å². The molecule has 0 unspecified atom stereocenters. The minimum atomic E-state index is -0.645. The number of hydrogen-bond donors (Lipinski definition) is 2. The Kier molecular flexibility index (Phi) is 5.78. The SMILES string of the molecule is COc1ccc(CN2C(=O)N[C@@H](CCC(=O)NC(C)C)C2=O)cc1. The van der Waals surface area contributed by atoms with Crippen molar-refractivity contribution in [2.45, 2.75) is 45.3 Å². The van der Waals surface area contributed by atoms with E-state index in [4.69, 9.17) is 4.74 Å². The molecule has 1 aliphatic rings. The summed E-state index contributed by atoms with van der Waals surface area (Å²) in [7, 11) is 1.58. The smallest absolute Gasteiger partial charge is 0.325 e. The molecule has 4 amide bonds. The van der Waals surface area contributed by atoms with Crippen LogP contribution in [0.5, 0.6) is 5.75 Å². The largest absolute Gasteiger partial charge is 0.497 e. The number of benzene rings is 1. The van der Waals surface area contributed by atoms with Gasteiger partial charge in [-0.05, 0) is 38.0 Å². The molecule has 24 heavy (non-hydrogen) atoms. The average molecular weight is 333 g/mol. The first-order valence-corrected chi connectivity index (χ1v) is 7.95. The Morgan fingerprint density at radius 3 is 2.54 bits per heavy atom. The Labute approximate surface area is 141 Å². The fraction of sp³-hybridized carbons (Fsp3) is 0.471. The van der Waals surface area contributed by atoms with Crippen LogP contribution < -0.4 is 15.4 Å². The fourth-order valence-corrected chi connectivity index (χ4v) is 2.51. The fourth-order valence-electron chi connectivity index (χ4n) is 2.51. The van der Waals surface area contributed by atoms with Crippen LogP contribution in [0.2, 0.25) is 0 Å². The molecular formula is C17H23N3O4. The molecule has 130 valence electrons. The molecule has 7 heteroatoms. The molecule has 1 aromatic carbocycles. The van der Waals surface area contributed by atoms with E-state index >= 15 is 0 Å². The van der Waals surface area contributed by atoms with Crippen LogP contribution in [0.3, 0.4) is 0 Å². The molecule has 0 aromatic heterocycles. The van der Waals surface area contributed by atoms with Gasteiger partial charge in [-0.1, -0.05) is 12.1 Å². The third kappa shape index (κ3) is 4.47. The first-order chi connectivity index (χ1) is 11.4. The Morgan fingerprint density at radius 2 is 1.96 bits per heavy atom. The molecule has 1 aromatic rings. The third-order valence-corrected chi connectivity index (χ3v) is 3.72. The van der Waals surface area contributed by atoms with Crippen LogP contribution in [0.4, 0.5) is 4.79 Å². The normalized spacial score (nSPS) is 17.2. The van der Waals surface area contributed by atoms with Crippen molar-refractivity contribution in [3.8, 4) is 5.75 Å². The van der Waals surface area contributed by atoms with Crippen LogP contribution in [0.1, 0.15) is 32.3 Å². The molecule has 7 nitrogen and oxygen atoms in total. The van der Waals surface area contributed by atoms with E-state index in [0.29, 0.717) is 12.2 Å². The zero-order valence-electron chi connectivity index (χ0n) is 14.2. The van der Waals surface area contributed by atoms with Crippen molar-refractivity contribution in [1.29, 1.82) is 0 Å². The lowest BCUT2D eigenvalue weighted by Gasteiger charge is -2.13. The summed E-state index contributed by atoms with van der Waals surface area (Å²) in [5.41, 5.74) is 0.831. The van der Waals surface area contributed by atoms with E-state index in [9.17, 15) is 14.4 Å². The molecule has 2 N–H and O–H groups in total. The summed E-state index contributed by atoms with van der Waals surface area (Å²) in [4.78, 5) is 37.2. The van der Waals surface area contributed by atoms with E-state index in [-0.39, 0.29) is 30.8 Å². The number of imide groups is 1. The highest BCUT2D eigenvalue weighted by molar-refractivity contribution is 6.04. The van der Waals surface area contributed by atoms with Crippen LogP contribution in [0.25, 0.3) is 0 Å². The molecule has 0 radical (unpaired) electrons. The number of rotatable bonds is 7. The van der Waals surface area contributed by atoms with Crippen molar-refractivity contribution in [3.05, 3.63) is 29.8 Å². The maximum Gasteiger partial charge on any atom is 0.325 e. The van der Waals surface area contributed by atoms with Gasteiger partial charge in [0.1, 0.15) is 11.8 Å². The summed E-state index contributed by atoms with van der Waals surface area (Å²) in [6.07, 6.45) is 0.494. The highest BCUT2D eigenvalue weighted by Crippen LogP contribution is 2.17. The summed E-state index contributed by atoms with van der Waals surface area (Å²) in [5.74, 6) is 0.291. The van der Waals surface area contributed by atoms with Gasteiger partial charge in [0.25, 0.3) is 5.91 Å². The molecule has 1 atom stereocenters. The summed E-state index contributed by atoms with van der Waals surface area (Å²) < 4.78 is 5.08. The van der Waals surface area contributed by atoms with Crippen molar-refractivity contribution in [2.24, 2.45) is 0 Å². The number of nitrogens with one attached hydrogen (secondary N) is 2. The molecule has 2 rings (SSSR count). The van der Waals surface area contributed by atoms with E-state index in [1.807, 2.05) is 26.0 Å². The summed E-state index contributed by atoms with van der Waals surface area (Å²) in [6, 6.07) is 6.16. The zero-order chi connectivity index (χ0) is 17.7. The summed E-state index contributed by atoms with van der Waals surface area (Å²) in [5, 5.41) is 5.40. The minimum Gasteiger partial charge on any atom is -0.497 e. The van der Waals surface area contributed by atoms with Crippen molar-refractivity contribution in [1.82, 2.24) is 15.5 Å². The monoisotopic (exact) mass is 333 g/mol. The van der Waals surface area contributed by atoms with Crippen molar-refractivity contribution in [3.63, 3.8) is 0 Å². The second kappa shape index (κ2) is 7.81. The first kappa shape index (κ1) is 17.8. The van der Waals surface area contributed by atoms with Crippen LogP contribution >= 0.6 is 0 Å². The van der Waals surface area contributed by atoms with Crippen LogP contribution in [-0.4, -0.2) is 41.9 Å². The molecule has 1 fully saturated rings. The van der Waals surface area contributed by atoms with Gasteiger partial charge in [-0.3, -0.25) is 14.5 Å². The Hall–Kier alpha value is -2.57. The molecule has 1 saturated heterocycles. The van der Waals surface area contributed by atoms with Crippen LogP contribution in [0, 0.1) is 0 Å². The van der Waals surface area contributed by atoms with Gasteiger partial charge in [-0.2, -0.15) is 0 Å². The average Bonchev–Trinajstić information content (AvgIpc) is 2.80. The third-order valence-electron chi connectivity index (χ3n) is 3.72. The molecule has 1 aliphatic heterocycles. The van der Waals surface area contributed by atoms with Crippen molar-refractivity contribution < 1.29 is 19.1 Å². The van der Waals surface area contributed by atoms with Crippen LogP contribution in [0.15, 0.2) is 24.3 Å². The van der Waals surface area contributed by atoms with E-state index in [1.54, 1.807) is 19.2 Å². The lowest BCUT2D eigenvalue weighted by Crippen LogP contribution is -2.34. The van der Waals surface area contributed by atoms with Gasteiger partial charge in [-0.15, -0.1) is 0 Å². The van der Waals surface area contributed by atoms with E-state index < -0.39 is 12.1 Å². The zero-order valence-corrected chi connectivity index (χ0v) is 14.2. The van der Waals surface area contributed by atoms with Gasteiger partial charge in [0.15, 0.2) is 0 Å². The Bertz CT molecular complexity index is 613. The maximum atomic E-state index is 12.4. The number of methoxy groups -OCH3 is 1. The lowest BCUT2D eigenvalue weighted by molar-refractivity contribution is -0.128. The first-order valence-electron chi connectivity index (χ1n) is 7.95. The standard InChI is InChI=1S/C17H23N3O4/c1-11(2)18-15(21)9-8-14-16(22)20(17(23)19-14)10-12-4-6-13(24-3)7-5-12/h4-7,11,14H,8-10H2,1-3H3,(H,18,21)(H,19,23)/t14-/m0/s1. The van der Waals surface area contributed by atoms with Gasteiger partial charge in [-0.25, -0.2) is 4.79 Å². The van der Waals surface area contributed by atoms with Crippen molar-refractivity contribution >= 4 is 17.8 Å². The lowest BCUT2D eigenvalue weighted by atomic mass is 10.1. The second-order valence-electron chi connectivity index (χ2n) is 6.04. The Balaban J connectivity index is 1.91. The van der Waals surface area contributed by atoms with Crippen LogP contribution in [-0.2, 0) is 16.1 Å². The van der Waals surface area contributed by atoms with E-state index in [2.05, 4.69) is 10.6 Å². The summed E-state index contributed by atoms with van der Waals surface area (Å²) in [6.45, 7) is 3.94. The van der Waals surface area contributed by atoms with Gasteiger partial charge < -0.3 is 15.4 Å². The highest BCUT2D eigenvalue weighted by atomic mass is 16.5. The highest BCUT2D eigenvalue weighted by Gasteiger charge is 2.37. The predicted molar refractivity (Wildman–Crippen MR) is 88.4 cm³/mol. The van der Waals surface area contributed by atoms with Gasteiger partial charge in [0.2, 0.25) is 5.91 Å². The molecule has 0 aliphatic carbocycles.